The molecule has 25 heavy (non-hydrogen) atoms. The molecule has 2 aliphatic heterocycles. The number of hydrogen-bond acceptors (Lipinski definition) is 5. The summed E-state index contributed by atoms with van der Waals surface area (Å²) in [5.41, 5.74) is 4.29. The van der Waals surface area contributed by atoms with Gasteiger partial charge in [0.15, 0.2) is 4.60 Å². The van der Waals surface area contributed by atoms with Gasteiger partial charge in [0.2, 0.25) is 0 Å². The molecular formula is C17H21BrN4O2S. The SMILES string of the molecule is C[C@@H]1COCCN1c1cc(C2=CCS(=O)CC2)c2c(n1)c(Br)nn2C. The van der Waals surface area contributed by atoms with Crippen LogP contribution in [0.25, 0.3) is 16.6 Å². The maximum absolute atomic E-state index is 11.7. The second kappa shape index (κ2) is 6.81. The summed E-state index contributed by atoms with van der Waals surface area (Å²) in [5, 5.41) is 4.51. The Morgan fingerprint density at radius 1 is 1.44 bits per heavy atom. The van der Waals surface area contributed by atoms with Crippen LogP contribution in [0.15, 0.2) is 16.7 Å². The first-order chi connectivity index (χ1) is 12.0. The summed E-state index contributed by atoms with van der Waals surface area (Å²) in [4.78, 5) is 7.19. The molecule has 0 amide bonds. The summed E-state index contributed by atoms with van der Waals surface area (Å²) in [7, 11) is 1.21. The minimum atomic E-state index is -0.735. The first kappa shape index (κ1) is 17.2. The van der Waals surface area contributed by atoms with Crippen LogP contribution in [0.5, 0.6) is 0 Å². The second-order valence-corrected chi connectivity index (χ2v) is 8.92. The van der Waals surface area contributed by atoms with Gasteiger partial charge in [0.1, 0.15) is 11.3 Å². The van der Waals surface area contributed by atoms with Crippen LogP contribution >= 0.6 is 15.9 Å². The molecule has 4 heterocycles. The smallest absolute Gasteiger partial charge is 0.154 e. The zero-order valence-corrected chi connectivity index (χ0v) is 16.8. The quantitative estimate of drug-likeness (QED) is 0.740. The number of fused-ring (bicyclic) bond motifs is 1. The lowest BCUT2D eigenvalue weighted by atomic mass is 10.0. The van der Waals surface area contributed by atoms with Crippen LogP contribution in [0, 0.1) is 0 Å². The summed E-state index contributed by atoms with van der Waals surface area (Å²) in [6, 6.07) is 2.45. The number of aromatic nitrogens is 3. The number of halogens is 1. The van der Waals surface area contributed by atoms with E-state index in [0.717, 1.165) is 52.3 Å². The fourth-order valence-corrected chi connectivity index (χ4v) is 5.05. The molecular weight excluding hydrogens is 404 g/mol. The number of nitrogens with zero attached hydrogens (tertiary/aromatic N) is 4. The summed E-state index contributed by atoms with van der Waals surface area (Å²) >= 11 is 3.55. The third-order valence-corrected chi connectivity index (χ3v) is 6.59. The molecule has 2 aromatic heterocycles. The lowest BCUT2D eigenvalue weighted by molar-refractivity contribution is 0.0985. The number of rotatable bonds is 2. The van der Waals surface area contributed by atoms with Gasteiger partial charge >= 0.3 is 0 Å². The van der Waals surface area contributed by atoms with E-state index in [2.05, 4.69) is 45.0 Å². The molecule has 0 N–H and O–H groups in total. The van der Waals surface area contributed by atoms with Gasteiger partial charge in [-0.1, -0.05) is 6.08 Å². The van der Waals surface area contributed by atoms with Crippen LogP contribution in [0.1, 0.15) is 18.9 Å². The van der Waals surface area contributed by atoms with E-state index in [0.29, 0.717) is 12.4 Å². The average Bonchev–Trinajstić information content (AvgIpc) is 2.90. The van der Waals surface area contributed by atoms with Crippen molar-refractivity contribution in [2.45, 2.75) is 19.4 Å². The molecule has 0 saturated carbocycles. The third kappa shape index (κ3) is 3.15. The standard InChI is InChI=1S/C17H21BrN4O2S/c1-11-10-24-6-5-22(11)14-9-13(12-3-7-25(23)8-4-12)16-15(19-14)17(18)20-21(16)2/h3,9,11H,4-8,10H2,1-2H3/t11-,25?/m1/s1. The molecule has 0 bridgehead atoms. The Labute approximate surface area is 157 Å². The summed E-state index contributed by atoms with van der Waals surface area (Å²) in [6.07, 6.45) is 2.94. The molecule has 8 heteroatoms. The normalized spacial score (nSPS) is 24.6. The van der Waals surface area contributed by atoms with Crippen LogP contribution < -0.4 is 4.90 Å². The Morgan fingerprint density at radius 3 is 3.00 bits per heavy atom. The summed E-state index contributed by atoms with van der Waals surface area (Å²) in [5.74, 6) is 2.30. The lowest BCUT2D eigenvalue weighted by Gasteiger charge is -2.34. The van der Waals surface area contributed by atoms with Crippen LogP contribution in [0.2, 0.25) is 0 Å². The van der Waals surface area contributed by atoms with Gasteiger partial charge in [-0.3, -0.25) is 8.89 Å². The van der Waals surface area contributed by atoms with Crippen molar-refractivity contribution in [1.29, 1.82) is 0 Å². The maximum atomic E-state index is 11.7. The predicted octanol–water partition coefficient (Wildman–Crippen LogP) is 2.49. The van der Waals surface area contributed by atoms with Gasteiger partial charge in [0.05, 0.1) is 24.8 Å². The molecule has 0 radical (unpaired) electrons. The Balaban J connectivity index is 1.89. The van der Waals surface area contributed by atoms with E-state index >= 15 is 0 Å². The maximum Gasteiger partial charge on any atom is 0.154 e. The minimum Gasteiger partial charge on any atom is -0.377 e. The highest BCUT2D eigenvalue weighted by molar-refractivity contribution is 9.10. The van der Waals surface area contributed by atoms with Crippen molar-refractivity contribution < 1.29 is 8.95 Å². The van der Waals surface area contributed by atoms with Gasteiger partial charge < -0.3 is 9.64 Å². The average molecular weight is 425 g/mol. The number of anilines is 1. The summed E-state index contributed by atoms with van der Waals surface area (Å²) < 4.78 is 19.9. The van der Waals surface area contributed by atoms with Gasteiger partial charge in [0, 0.05) is 41.5 Å². The minimum absolute atomic E-state index is 0.287. The van der Waals surface area contributed by atoms with Crippen molar-refractivity contribution in [1.82, 2.24) is 14.8 Å². The molecule has 134 valence electrons. The highest BCUT2D eigenvalue weighted by atomic mass is 79.9. The van der Waals surface area contributed by atoms with Gasteiger partial charge in [-0.25, -0.2) is 4.98 Å². The van der Waals surface area contributed by atoms with Crippen molar-refractivity contribution in [3.05, 3.63) is 22.3 Å². The molecule has 1 fully saturated rings. The largest absolute Gasteiger partial charge is 0.377 e. The molecule has 0 aromatic carbocycles. The van der Waals surface area contributed by atoms with Crippen LogP contribution in [0.3, 0.4) is 0 Å². The number of pyridine rings is 1. The van der Waals surface area contributed by atoms with E-state index < -0.39 is 10.8 Å². The number of allylic oxidation sites excluding steroid dienone is 1. The van der Waals surface area contributed by atoms with Crippen LogP contribution in [-0.4, -0.2) is 56.3 Å². The van der Waals surface area contributed by atoms with Crippen LogP contribution in [0.4, 0.5) is 5.82 Å². The fraction of sp³-hybridized carbons (Fsp3) is 0.529. The van der Waals surface area contributed by atoms with Crippen molar-refractivity contribution in [2.24, 2.45) is 7.05 Å². The number of aryl methyl sites for hydroxylation is 1. The Hall–Kier alpha value is -1.25. The van der Waals surface area contributed by atoms with Gasteiger partial charge in [0.25, 0.3) is 0 Å². The number of hydrogen-bond donors (Lipinski definition) is 0. The molecule has 0 spiro atoms. The summed E-state index contributed by atoms with van der Waals surface area (Å²) in [6.45, 7) is 4.42. The van der Waals surface area contributed by atoms with Gasteiger partial charge in [-0.15, -0.1) is 0 Å². The van der Waals surface area contributed by atoms with Crippen molar-refractivity contribution in [3.8, 4) is 0 Å². The molecule has 0 aliphatic carbocycles. The fourth-order valence-electron chi connectivity index (χ4n) is 3.53. The van der Waals surface area contributed by atoms with E-state index in [1.165, 1.54) is 5.57 Å². The highest BCUT2D eigenvalue weighted by Gasteiger charge is 2.25. The number of ether oxygens (including phenoxy) is 1. The van der Waals surface area contributed by atoms with Crippen LogP contribution in [-0.2, 0) is 22.6 Å². The predicted molar refractivity (Wildman–Crippen MR) is 104 cm³/mol. The van der Waals surface area contributed by atoms with E-state index in [-0.39, 0.29) is 6.04 Å². The zero-order valence-electron chi connectivity index (χ0n) is 14.4. The third-order valence-electron chi connectivity index (χ3n) is 4.86. The first-order valence-corrected chi connectivity index (χ1v) is 10.7. The Morgan fingerprint density at radius 2 is 2.28 bits per heavy atom. The van der Waals surface area contributed by atoms with E-state index in [1.54, 1.807) is 0 Å². The molecule has 1 unspecified atom stereocenters. The number of morpholine rings is 1. The van der Waals surface area contributed by atoms with E-state index in [9.17, 15) is 4.21 Å². The van der Waals surface area contributed by atoms with Crippen molar-refractivity contribution >= 4 is 49.2 Å². The van der Waals surface area contributed by atoms with E-state index in [4.69, 9.17) is 9.72 Å². The Kier molecular flexibility index (Phi) is 4.68. The lowest BCUT2D eigenvalue weighted by Crippen LogP contribution is -2.44. The molecule has 1 saturated heterocycles. The zero-order chi connectivity index (χ0) is 17.6. The van der Waals surface area contributed by atoms with Gasteiger partial charge in [-0.05, 0) is 40.9 Å². The highest BCUT2D eigenvalue weighted by Crippen LogP contribution is 2.34. The monoisotopic (exact) mass is 424 g/mol. The Bertz CT molecular complexity index is 879. The second-order valence-electron chi connectivity index (χ2n) is 6.55. The topological polar surface area (TPSA) is 60.2 Å². The first-order valence-electron chi connectivity index (χ1n) is 8.46. The van der Waals surface area contributed by atoms with E-state index in [1.807, 2.05) is 11.7 Å². The molecule has 2 aliphatic rings. The molecule has 2 aromatic rings. The molecule has 2 atom stereocenters. The molecule has 6 nitrogen and oxygen atoms in total. The van der Waals surface area contributed by atoms with Crippen molar-refractivity contribution in [2.75, 3.05) is 36.2 Å². The van der Waals surface area contributed by atoms with Crippen molar-refractivity contribution in [3.63, 3.8) is 0 Å². The van der Waals surface area contributed by atoms with Gasteiger partial charge in [-0.2, -0.15) is 5.10 Å². The molecule has 4 rings (SSSR count).